The van der Waals surface area contributed by atoms with Crippen molar-refractivity contribution < 1.29 is 4.79 Å². The Balaban J connectivity index is 1.88. The van der Waals surface area contributed by atoms with E-state index in [4.69, 9.17) is 0 Å². The van der Waals surface area contributed by atoms with Gasteiger partial charge >= 0.3 is 0 Å². The largest absolute Gasteiger partial charge is 0.235 e. The SMILES string of the molecule is O=C=NC1(c2ccc(SC3CC3)c(Br)c2)CCC1. The van der Waals surface area contributed by atoms with Gasteiger partial charge in [-0.1, -0.05) is 6.07 Å². The van der Waals surface area contributed by atoms with Crippen molar-refractivity contribution in [2.75, 3.05) is 0 Å². The molecule has 2 fully saturated rings. The summed E-state index contributed by atoms with van der Waals surface area (Å²) < 4.78 is 1.13. The molecule has 0 radical (unpaired) electrons. The Morgan fingerprint density at radius 3 is 2.67 bits per heavy atom. The van der Waals surface area contributed by atoms with Gasteiger partial charge in [-0.3, -0.25) is 0 Å². The van der Waals surface area contributed by atoms with E-state index in [-0.39, 0.29) is 5.54 Å². The van der Waals surface area contributed by atoms with Gasteiger partial charge in [0.25, 0.3) is 0 Å². The van der Waals surface area contributed by atoms with Crippen LogP contribution in [-0.4, -0.2) is 11.3 Å². The highest BCUT2D eigenvalue weighted by Crippen LogP contribution is 2.47. The minimum absolute atomic E-state index is 0.285. The molecule has 0 bridgehead atoms. The summed E-state index contributed by atoms with van der Waals surface area (Å²) in [6.07, 6.45) is 7.47. The van der Waals surface area contributed by atoms with E-state index in [1.54, 1.807) is 6.08 Å². The summed E-state index contributed by atoms with van der Waals surface area (Å²) in [5.41, 5.74) is 0.858. The smallest absolute Gasteiger partial charge is 0.211 e. The van der Waals surface area contributed by atoms with Gasteiger partial charge in [-0.2, -0.15) is 4.99 Å². The molecule has 0 aliphatic heterocycles. The zero-order valence-corrected chi connectivity index (χ0v) is 12.4. The third kappa shape index (κ3) is 2.29. The summed E-state index contributed by atoms with van der Waals surface area (Å²) in [4.78, 5) is 15.9. The van der Waals surface area contributed by atoms with E-state index in [2.05, 4.69) is 39.1 Å². The molecule has 0 N–H and O–H groups in total. The summed E-state index contributed by atoms with van der Waals surface area (Å²) in [6, 6.07) is 6.41. The number of isocyanates is 1. The number of rotatable bonds is 4. The average Bonchev–Trinajstić information content (AvgIpc) is 3.10. The molecule has 1 aromatic rings. The van der Waals surface area contributed by atoms with Crippen LogP contribution in [0.25, 0.3) is 0 Å². The van der Waals surface area contributed by atoms with Crippen LogP contribution in [0.1, 0.15) is 37.7 Å². The lowest BCUT2D eigenvalue weighted by molar-refractivity contribution is 0.255. The lowest BCUT2D eigenvalue weighted by Gasteiger charge is -2.37. The zero-order chi connectivity index (χ0) is 12.6. The Morgan fingerprint density at radius 2 is 2.17 bits per heavy atom. The number of halogens is 1. The maximum Gasteiger partial charge on any atom is 0.235 e. The van der Waals surface area contributed by atoms with Crippen LogP contribution in [0.4, 0.5) is 0 Å². The van der Waals surface area contributed by atoms with Crippen LogP contribution in [0.2, 0.25) is 0 Å². The fourth-order valence-corrected chi connectivity index (χ4v) is 4.02. The predicted octanol–water partition coefficient (Wildman–Crippen LogP) is 4.42. The van der Waals surface area contributed by atoms with Crippen LogP contribution in [-0.2, 0) is 10.3 Å². The number of thioether (sulfide) groups is 1. The molecule has 4 heteroatoms. The fourth-order valence-electron chi connectivity index (χ4n) is 2.32. The number of nitrogens with zero attached hydrogens (tertiary/aromatic N) is 1. The lowest BCUT2D eigenvalue weighted by Crippen LogP contribution is -2.31. The van der Waals surface area contributed by atoms with Crippen molar-refractivity contribution in [3.63, 3.8) is 0 Å². The Kier molecular flexibility index (Phi) is 3.35. The standard InChI is InChI=1S/C14H14BrNOS/c15-12-8-10(14(16-9-17)6-1-7-14)2-5-13(12)18-11-3-4-11/h2,5,8,11H,1,3-4,6-7H2. The van der Waals surface area contributed by atoms with Crippen molar-refractivity contribution in [2.45, 2.75) is 47.8 Å². The van der Waals surface area contributed by atoms with E-state index in [1.165, 1.54) is 17.7 Å². The van der Waals surface area contributed by atoms with Crippen LogP contribution in [0, 0.1) is 0 Å². The molecule has 2 aliphatic rings. The highest BCUT2D eigenvalue weighted by atomic mass is 79.9. The molecule has 94 valence electrons. The normalized spacial score (nSPS) is 20.9. The van der Waals surface area contributed by atoms with Gasteiger partial charge in [0.15, 0.2) is 0 Å². The van der Waals surface area contributed by atoms with Crippen molar-refractivity contribution in [3.05, 3.63) is 28.2 Å². The van der Waals surface area contributed by atoms with Gasteiger partial charge < -0.3 is 0 Å². The molecule has 0 unspecified atom stereocenters. The van der Waals surface area contributed by atoms with Gasteiger partial charge in [0.05, 0.1) is 5.54 Å². The van der Waals surface area contributed by atoms with E-state index >= 15 is 0 Å². The van der Waals surface area contributed by atoms with E-state index in [9.17, 15) is 4.79 Å². The second-order valence-electron chi connectivity index (χ2n) is 5.05. The molecule has 2 nitrogen and oxygen atoms in total. The van der Waals surface area contributed by atoms with Gasteiger partial charge in [0.1, 0.15) is 0 Å². The van der Waals surface area contributed by atoms with Crippen LogP contribution in [0.15, 0.2) is 32.6 Å². The quantitative estimate of drug-likeness (QED) is 0.606. The monoisotopic (exact) mass is 323 g/mol. The second kappa shape index (κ2) is 4.84. The lowest BCUT2D eigenvalue weighted by atomic mass is 9.72. The van der Waals surface area contributed by atoms with Gasteiger partial charge in [-0.15, -0.1) is 11.8 Å². The first kappa shape index (κ1) is 12.5. The maximum atomic E-state index is 10.6. The van der Waals surface area contributed by atoms with E-state index in [0.29, 0.717) is 0 Å². The minimum atomic E-state index is -0.285. The van der Waals surface area contributed by atoms with Crippen molar-refractivity contribution in [1.29, 1.82) is 0 Å². The van der Waals surface area contributed by atoms with Gasteiger partial charge in [0, 0.05) is 14.6 Å². The third-order valence-electron chi connectivity index (χ3n) is 3.73. The maximum absolute atomic E-state index is 10.6. The Morgan fingerprint density at radius 1 is 1.39 bits per heavy atom. The summed E-state index contributed by atoms with van der Waals surface area (Å²) >= 11 is 5.58. The summed E-state index contributed by atoms with van der Waals surface area (Å²) in [5.74, 6) is 0. The van der Waals surface area contributed by atoms with Crippen molar-refractivity contribution in [2.24, 2.45) is 4.99 Å². The average molecular weight is 324 g/mol. The molecule has 0 saturated heterocycles. The molecule has 0 amide bonds. The van der Waals surface area contributed by atoms with Gasteiger partial charge in [-0.25, -0.2) is 4.79 Å². The van der Waals surface area contributed by atoms with E-state index in [1.807, 2.05) is 11.8 Å². The van der Waals surface area contributed by atoms with Crippen molar-refractivity contribution in [3.8, 4) is 0 Å². The minimum Gasteiger partial charge on any atom is -0.211 e. The number of aliphatic imine (C=N–C) groups is 1. The molecule has 18 heavy (non-hydrogen) atoms. The molecule has 3 rings (SSSR count). The molecule has 0 heterocycles. The Bertz CT molecular complexity index is 517. The number of carbonyl (C=O) groups excluding carboxylic acids is 1. The van der Waals surface area contributed by atoms with Crippen molar-refractivity contribution >= 4 is 33.8 Å². The number of hydrogen-bond donors (Lipinski definition) is 0. The molecule has 0 aromatic heterocycles. The third-order valence-corrected chi connectivity index (χ3v) is 6.06. The second-order valence-corrected chi connectivity index (χ2v) is 7.25. The fraction of sp³-hybridized carbons (Fsp3) is 0.500. The number of benzene rings is 1. The van der Waals surface area contributed by atoms with E-state index < -0.39 is 0 Å². The highest BCUT2D eigenvalue weighted by Gasteiger charge is 2.39. The molecule has 0 atom stereocenters. The van der Waals surface area contributed by atoms with Crippen molar-refractivity contribution in [1.82, 2.24) is 0 Å². The Labute approximate surface area is 119 Å². The molecule has 0 spiro atoms. The molecule has 1 aromatic carbocycles. The zero-order valence-electron chi connectivity index (χ0n) is 9.99. The van der Waals surface area contributed by atoms with Crippen LogP contribution < -0.4 is 0 Å². The first-order chi connectivity index (χ1) is 8.73. The van der Waals surface area contributed by atoms with E-state index in [0.717, 1.165) is 34.5 Å². The first-order valence-electron chi connectivity index (χ1n) is 6.29. The topological polar surface area (TPSA) is 29.4 Å². The predicted molar refractivity (Wildman–Crippen MR) is 76.7 cm³/mol. The highest BCUT2D eigenvalue weighted by molar-refractivity contribution is 9.10. The van der Waals surface area contributed by atoms with Crippen LogP contribution >= 0.6 is 27.7 Å². The van der Waals surface area contributed by atoms with Gasteiger partial charge in [-0.05, 0) is 65.7 Å². The summed E-state index contributed by atoms with van der Waals surface area (Å²) in [5, 5.41) is 0.804. The van der Waals surface area contributed by atoms with Crippen LogP contribution in [0.5, 0.6) is 0 Å². The molecular formula is C14H14BrNOS. The van der Waals surface area contributed by atoms with Crippen LogP contribution in [0.3, 0.4) is 0 Å². The summed E-state index contributed by atoms with van der Waals surface area (Å²) in [6.45, 7) is 0. The molecule has 2 saturated carbocycles. The molecule has 2 aliphatic carbocycles. The first-order valence-corrected chi connectivity index (χ1v) is 7.96. The molecular weight excluding hydrogens is 310 g/mol. The number of hydrogen-bond acceptors (Lipinski definition) is 3. The van der Waals surface area contributed by atoms with Gasteiger partial charge in [0.2, 0.25) is 6.08 Å². The Hall–Kier alpha value is -0.570. The summed E-state index contributed by atoms with van der Waals surface area (Å²) in [7, 11) is 0.